The lowest BCUT2D eigenvalue weighted by Gasteiger charge is -2.22. The highest BCUT2D eigenvalue weighted by Gasteiger charge is 2.24. The van der Waals surface area contributed by atoms with E-state index in [1.54, 1.807) is 29.5 Å². The van der Waals surface area contributed by atoms with Crippen LogP contribution in [0.5, 0.6) is 0 Å². The number of nitrogens with one attached hydrogen (secondary N) is 2. The second kappa shape index (κ2) is 6.55. The number of nitrogens with zero attached hydrogens (tertiary/aromatic N) is 1. The van der Waals surface area contributed by atoms with Crippen LogP contribution in [0.25, 0.3) is 0 Å². The Kier molecular flexibility index (Phi) is 4.77. The van der Waals surface area contributed by atoms with Gasteiger partial charge in [0.25, 0.3) is 0 Å². The van der Waals surface area contributed by atoms with Gasteiger partial charge in [0.05, 0.1) is 11.0 Å². The molecule has 4 N–H and O–H groups in total. The third kappa shape index (κ3) is 3.32. The zero-order chi connectivity index (χ0) is 15.4. The highest BCUT2D eigenvalue weighted by Crippen LogP contribution is 2.37. The maximum atomic E-state index is 11.3. The summed E-state index contributed by atoms with van der Waals surface area (Å²) in [5.41, 5.74) is 3.09. The summed E-state index contributed by atoms with van der Waals surface area (Å²) in [5, 5.41) is 16.6. The van der Waals surface area contributed by atoms with E-state index in [0.717, 1.165) is 4.88 Å². The maximum absolute atomic E-state index is 11.3. The molecule has 1 heterocycles. The summed E-state index contributed by atoms with van der Waals surface area (Å²) in [5.74, 6) is 5.65. The molecule has 1 aromatic carbocycles. The molecule has 21 heavy (non-hydrogen) atoms. The number of para-hydroxylation sites is 1. The molecule has 0 aliphatic rings. The van der Waals surface area contributed by atoms with Crippen LogP contribution < -0.4 is 16.6 Å². The molecule has 0 bridgehead atoms. The van der Waals surface area contributed by atoms with Crippen molar-refractivity contribution in [1.29, 1.82) is 0 Å². The minimum Gasteiger partial charge on any atom is -0.372 e. The van der Waals surface area contributed by atoms with E-state index in [1.165, 1.54) is 0 Å². The summed E-state index contributed by atoms with van der Waals surface area (Å²) in [7, 11) is 0. The molecule has 0 fully saturated rings. The molecule has 112 valence electrons. The summed E-state index contributed by atoms with van der Waals surface area (Å²) in [6, 6.07) is 9.02. The highest BCUT2D eigenvalue weighted by atomic mass is 32.1. The van der Waals surface area contributed by atoms with Gasteiger partial charge in [-0.3, -0.25) is 16.0 Å². The van der Waals surface area contributed by atoms with Crippen LogP contribution in [0.3, 0.4) is 0 Å². The fourth-order valence-corrected chi connectivity index (χ4v) is 3.12. The Morgan fingerprint density at radius 3 is 2.48 bits per heavy atom. The first-order valence-corrected chi connectivity index (χ1v) is 7.46. The monoisotopic (exact) mass is 306 g/mol. The Morgan fingerprint density at radius 1 is 1.24 bits per heavy atom. The molecular formula is C14H18N4O2S. The quantitative estimate of drug-likeness (QED) is 0.429. The van der Waals surface area contributed by atoms with Crippen molar-refractivity contribution >= 4 is 28.4 Å². The minimum absolute atomic E-state index is 0.0109. The number of anilines is 2. The lowest BCUT2D eigenvalue weighted by Crippen LogP contribution is -2.17. The fourth-order valence-electron chi connectivity index (χ4n) is 2.18. The standard InChI is InChI=1S/C14H18N4O2S/c1-9(2)13(12-7-4-8-21-12)16-10-5-3-6-11(17-15)14(10)18(19)20/h3-9,13,16-17H,15H2,1-2H3. The van der Waals surface area contributed by atoms with Crippen molar-refractivity contribution in [3.8, 4) is 0 Å². The van der Waals surface area contributed by atoms with Gasteiger partial charge >= 0.3 is 5.69 Å². The van der Waals surface area contributed by atoms with Gasteiger partial charge in [-0.05, 0) is 29.5 Å². The van der Waals surface area contributed by atoms with Crippen LogP contribution in [-0.2, 0) is 0 Å². The summed E-state index contributed by atoms with van der Waals surface area (Å²) in [6.07, 6.45) is 0. The molecule has 7 heteroatoms. The van der Waals surface area contributed by atoms with E-state index in [-0.39, 0.29) is 17.6 Å². The number of nitrogen functional groups attached to an aromatic ring is 1. The van der Waals surface area contributed by atoms with E-state index in [4.69, 9.17) is 5.84 Å². The van der Waals surface area contributed by atoms with Crippen molar-refractivity contribution < 1.29 is 4.92 Å². The van der Waals surface area contributed by atoms with Crippen molar-refractivity contribution in [2.75, 3.05) is 10.7 Å². The lowest BCUT2D eigenvalue weighted by atomic mass is 10.0. The van der Waals surface area contributed by atoms with E-state index in [2.05, 4.69) is 24.6 Å². The smallest absolute Gasteiger partial charge is 0.316 e. The molecule has 0 amide bonds. The highest BCUT2D eigenvalue weighted by molar-refractivity contribution is 7.10. The molecule has 0 saturated carbocycles. The SMILES string of the molecule is CC(C)C(Nc1cccc(NN)c1[N+](=O)[O-])c1cccs1. The zero-order valence-corrected chi connectivity index (χ0v) is 12.7. The van der Waals surface area contributed by atoms with Gasteiger partial charge in [0, 0.05) is 4.88 Å². The number of nitro benzene ring substituents is 1. The molecule has 0 aliphatic heterocycles. The van der Waals surface area contributed by atoms with Crippen molar-refractivity contribution in [1.82, 2.24) is 0 Å². The molecule has 1 aromatic heterocycles. The molecular weight excluding hydrogens is 288 g/mol. The van der Waals surface area contributed by atoms with Gasteiger partial charge in [0.1, 0.15) is 11.4 Å². The van der Waals surface area contributed by atoms with Crippen molar-refractivity contribution in [3.05, 3.63) is 50.7 Å². The number of nitrogens with two attached hydrogens (primary N) is 1. The van der Waals surface area contributed by atoms with Gasteiger partial charge in [-0.25, -0.2) is 0 Å². The van der Waals surface area contributed by atoms with E-state index >= 15 is 0 Å². The van der Waals surface area contributed by atoms with Crippen LogP contribution in [0.4, 0.5) is 17.1 Å². The summed E-state index contributed by atoms with van der Waals surface area (Å²) >= 11 is 1.63. The largest absolute Gasteiger partial charge is 0.372 e. The lowest BCUT2D eigenvalue weighted by molar-refractivity contribution is -0.383. The Balaban J connectivity index is 2.40. The van der Waals surface area contributed by atoms with Crippen molar-refractivity contribution in [2.45, 2.75) is 19.9 Å². The maximum Gasteiger partial charge on any atom is 0.316 e. The van der Waals surface area contributed by atoms with E-state index in [0.29, 0.717) is 11.4 Å². The molecule has 1 atom stereocenters. The number of hydrazine groups is 1. The van der Waals surface area contributed by atoms with Gasteiger partial charge in [-0.15, -0.1) is 11.3 Å². The number of hydrogen-bond acceptors (Lipinski definition) is 6. The average molecular weight is 306 g/mol. The van der Waals surface area contributed by atoms with Crippen LogP contribution in [0.2, 0.25) is 0 Å². The van der Waals surface area contributed by atoms with Gasteiger partial charge in [-0.2, -0.15) is 0 Å². The molecule has 0 aliphatic carbocycles. The van der Waals surface area contributed by atoms with Gasteiger partial charge in [0.15, 0.2) is 0 Å². The molecule has 1 unspecified atom stereocenters. The molecule has 0 radical (unpaired) electrons. The second-order valence-corrected chi connectivity index (χ2v) is 5.96. The van der Waals surface area contributed by atoms with Crippen molar-refractivity contribution in [3.63, 3.8) is 0 Å². The first-order chi connectivity index (χ1) is 10.0. The zero-order valence-electron chi connectivity index (χ0n) is 11.9. The van der Waals surface area contributed by atoms with Crippen LogP contribution in [-0.4, -0.2) is 4.92 Å². The molecule has 2 aromatic rings. The van der Waals surface area contributed by atoms with E-state index in [9.17, 15) is 10.1 Å². The number of rotatable bonds is 6. The normalized spacial score (nSPS) is 12.2. The Hall–Kier alpha value is -2.12. The van der Waals surface area contributed by atoms with E-state index in [1.807, 2.05) is 17.5 Å². The van der Waals surface area contributed by atoms with Gasteiger partial charge in [0.2, 0.25) is 0 Å². The number of thiophene rings is 1. The molecule has 0 spiro atoms. The summed E-state index contributed by atoms with van der Waals surface area (Å²) in [6.45, 7) is 4.16. The first-order valence-electron chi connectivity index (χ1n) is 6.58. The topological polar surface area (TPSA) is 93.2 Å². The van der Waals surface area contributed by atoms with Crippen molar-refractivity contribution in [2.24, 2.45) is 11.8 Å². The molecule has 0 saturated heterocycles. The predicted molar refractivity (Wildman–Crippen MR) is 86.4 cm³/mol. The van der Waals surface area contributed by atoms with Gasteiger partial charge in [-0.1, -0.05) is 26.0 Å². The number of benzene rings is 1. The van der Waals surface area contributed by atoms with E-state index < -0.39 is 4.92 Å². The third-order valence-corrected chi connectivity index (χ3v) is 4.16. The summed E-state index contributed by atoms with van der Waals surface area (Å²) < 4.78 is 0. The van der Waals surface area contributed by atoms with Crippen LogP contribution >= 0.6 is 11.3 Å². The second-order valence-electron chi connectivity index (χ2n) is 4.98. The van der Waals surface area contributed by atoms with Crippen LogP contribution in [0, 0.1) is 16.0 Å². The fraction of sp³-hybridized carbons (Fsp3) is 0.286. The Bertz CT molecular complexity index is 613. The van der Waals surface area contributed by atoms with Crippen LogP contribution in [0.1, 0.15) is 24.8 Å². The van der Waals surface area contributed by atoms with Crippen LogP contribution in [0.15, 0.2) is 35.7 Å². The first kappa shape index (κ1) is 15.3. The Labute approximate surface area is 127 Å². The number of hydrogen-bond donors (Lipinski definition) is 3. The predicted octanol–water partition coefficient (Wildman–Crippen LogP) is 3.75. The minimum atomic E-state index is -0.427. The van der Waals surface area contributed by atoms with Gasteiger partial charge < -0.3 is 10.7 Å². The number of nitro groups is 1. The molecule has 6 nitrogen and oxygen atoms in total. The molecule has 2 rings (SSSR count). The third-order valence-electron chi connectivity index (χ3n) is 3.20. The summed E-state index contributed by atoms with van der Waals surface area (Å²) in [4.78, 5) is 12.0. The average Bonchev–Trinajstić information content (AvgIpc) is 2.97. The Morgan fingerprint density at radius 2 is 1.95 bits per heavy atom.